The van der Waals surface area contributed by atoms with E-state index in [1.807, 2.05) is 0 Å². The Balaban J connectivity index is 2.58. The minimum absolute atomic E-state index is 0.474. The summed E-state index contributed by atoms with van der Waals surface area (Å²) >= 11 is 4.69. The summed E-state index contributed by atoms with van der Waals surface area (Å²) in [6.45, 7) is 10.9. The molecular weight excluding hydrogens is 238 g/mol. The Morgan fingerprint density at radius 2 is 1.83 bits per heavy atom. The lowest BCUT2D eigenvalue weighted by atomic mass is 9.79. The zero-order chi connectivity index (χ0) is 13.4. The highest BCUT2D eigenvalue weighted by Crippen LogP contribution is 2.34. The first-order valence-corrected chi connectivity index (χ1v) is 8.66. The van der Waals surface area contributed by atoms with Gasteiger partial charge in [0.05, 0.1) is 0 Å². The van der Waals surface area contributed by atoms with Crippen LogP contribution < -0.4 is 0 Å². The second-order valence-corrected chi connectivity index (χ2v) is 6.63. The van der Waals surface area contributed by atoms with Crippen LogP contribution in [0, 0.1) is 11.3 Å². The lowest BCUT2D eigenvalue weighted by Gasteiger charge is -2.41. The van der Waals surface area contributed by atoms with Crippen molar-refractivity contribution in [3.8, 4) is 0 Å². The molecule has 0 bridgehead atoms. The molecule has 0 spiro atoms. The van der Waals surface area contributed by atoms with Crippen molar-refractivity contribution in [1.29, 1.82) is 0 Å². The van der Waals surface area contributed by atoms with Crippen molar-refractivity contribution in [2.75, 3.05) is 25.4 Å². The van der Waals surface area contributed by atoms with Crippen LogP contribution in [0.5, 0.6) is 0 Å². The zero-order valence-electron chi connectivity index (χ0n) is 12.7. The lowest BCUT2D eigenvalue weighted by molar-refractivity contribution is 0.101. The monoisotopic (exact) mass is 271 g/mol. The lowest BCUT2D eigenvalue weighted by Crippen LogP contribution is -2.44. The fourth-order valence-corrected chi connectivity index (χ4v) is 4.07. The SMILES string of the molecule is CCCC(CS)(CCC)CN1CCCC(CC)C1. The van der Waals surface area contributed by atoms with Crippen molar-refractivity contribution in [1.82, 2.24) is 4.90 Å². The quantitative estimate of drug-likeness (QED) is 0.630. The maximum atomic E-state index is 4.69. The van der Waals surface area contributed by atoms with E-state index in [0.717, 1.165) is 11.7 Å². The maximum absolute atomic E-state index is 4.69. The standard InChI is InChI=1S/C16H33NS/c1-4-9-16(14-18,10-5-2)13-17-11-7-8-15(6-3)12-17/h15,18H,4-14H2,1-3H3. The Bertz CT molecular complexity index is 211. The van der Waals surface area contributed by atoms with Crippen LogP contribution in [-0.4, -0.2) is 30.3 Å². The van der Waals surface area contributed by atoms with Gasteiger partial charge in [-0.1, -0.05) is 40.0 Å². The molecule has 18 heavy (non-hydrogen) atoms. The minimum atomic E-state index is 0.474. The number of hydrogen-bond acceptors (Lipinski definition) is 2. The van der Waals surface area contributed by atoms with Crippen molar-refractivity contribution in [2.24, 2.45) is 11.3 Å². The van der Waals surface area contributed by atoms with Gasteiger partial charge in [0.1, 0.15) is 0 Å². The molecule has 1 heterocycles. The maximum Gasteiger partial charge on any atom is 0.00459 e. The van der Waals surface area contributed by atoms with Crippen LogP contribution in [0.4, 0.5) is 0 Å². The smallest absolute Gasteiger partial charge is 0.00459 e. The van der Waals surface area contributed by atoms with Gasteiger partial charge in [0.2, 0.25) is 0 Å². The summed E-state index contributed by atoms with van der Waals surface area (Å²) < 4.78 is 0. The number of piperidine rings is 1. The first kappa shape index (κ1) is 16.4. The molecule has 1 unspecified atom stereocenters. The predicted octanol–water partition coefficient (Wildman–Crippen LogP) is 4.62. The Morgan fingerprint density at radius 3 is 2.33 bits per heavy atom. The fraction of sp³-hybridized carbons (Fsp3) is 1.00. The van der Waals surface area contributed by atoms with Crippen LogP contribution in [0.15, 0.2) is 0 Å². The largest absolute Gasteiger partial charge is 0.302 e. The van der Waals surface area contributed by atoms with Crippen molar-refractivity contribution >= 4 is 12.6 Å². The number of likely N-dealkylation sites (tertiary alicyclic amines) is 1. The third-order valence-corrected chi connectivity index (χ3v) is 5.31. The Hall–Kier alpha value is 0.310. The van der Waals surface area contributed by atoms with Crippen LogP contribution in [0.25, 0.3) is 0 Å². The van der Waals surface area contributed by atoms with Gasteiger partial charge in [-0.05, 0) is 49.3 Å². The molecule has 0 radical (unpaired) electrons. The molecule has 0 saturated carbocycles. The molecule has 1 saturated heterocycles. The molecule has 108 valence electrons. The second kappa shape index (κ2) is 8.47. The number of rotatable bonds is 8. The molecule has 2 heteroatoms. The highest BCUT2D eigenvalue weighted by atomic mass is 32.1. The molecule has 0 amide bonds. The molecule has 0 N–H and O–H groups in total. The summed E-state index contributed by atoms with van der Waals surface area (Å²) in [5.74, 6) is 2.00. The van der Waals surface area contributed by atoms with E-state index in [2.05, 4.69) is 38.3 Å². The fourth-order valence-electron chi connectivity index (χ4n) is 3.65. The second-order valence-electron chi connectivity index (χ2n) is 6.31. The molecule has 1 atom stereocenters. The van der Waals surface area contributed by atoms with E-state index in [0.29, 0.717) is 5.41 Å². The van der Waals surface area contributed by atoms with Gasteiger partial charge in [0.25, 0.3) is 0 Å². The van der Waals surface area contributed by atoms with E-state index >= 15 is 0 Å². The van der Waals surface area contributed by atoms with E-state index in [-0.39, 0.29) is 0 Å². The third-order valence-electron chi connectivity index (χ3n) is 4.64. The van der Waals surface area contributed by atoms with Crippen LogP contribution >= 0.6 is 12.6 Å². The number of hydrogen-bond donors (Lipinski definition) is 1. The van der Waals surface area contributed by atoms with E-state index in [9.17, 15) is 0 Å². The molecule has 1 nitrogen and oxygen atoms in total. The van der Waals surface area contributed by atoms with Crippen LogP contribution in [0.1, 0.15) is 65.7 Å². The summed E-state index contributed by atoms with van der Waals surface area (Å²) in [4.78, 5) is 2.74. The average molecular weight is 272 g/mol. The summed E-state index contributed by atoms with van der Waals surface area (Å²) in [5.41, 5.74) is 0.474. The molecule has 0 aromatic rings. The first-order valence-electron chi connectivity index (χ1n) is 8.03. The van der Waals surface area contributed by atoms with E-state index in [4.69, 9.17) is 0 Å². The summed E-state index contributed by atoms with van der Waals surface area (Å²) in [5, 5.41) is 0. The van der Waals surface area contributed by atoms with Gasteiger partial charge in [-0.3, -0.25) is 0 Å². The summed E-state index contributed by atoms with van der Waals surface area (Å²) in [7, 11) is 0. The van der Waals surface area contributed by atoms with Gasteiger partial charge in [-0.25, -0.2) is 0 Å². The Labute approximate surface area is 120 Å². The predicted molar refractivity (Wildman–Crippen MR) is 85.6 cm³/mol. The van der Waals surface area contributed by atoms with Crippen LogP contribution in [-0.2, 0) is 0 Å². The molecule has 0 aromatic carbocycles. The summed E-state index contributed by atoms with van der Waals surface area (Å²) in [6.07, 6.45) is 9.49. The van der Waals surface area contributed by atoms with Crippen molar-refractivity contribution in [3.05, 3.63) is 0 Å². The van der Waals surface area contributed by atoms with Gasteiger partial charge < -0.3 is 4.90 Å². The van der Waals surface area contributed by atoms with E-state index < -0.39 is 0 Å². The molecule has 1 aliphatic heterocycles. The first-order chi connectivity index (χ1) is 8.69. The minimum Gasteiger partial charge on any atom is -0.302 e. The Morgan fingerprint density at radius 1 is 1.17 bits per heavy atom. The molecular formula is C16H33NS. The number of nitrogens with zero attached hydrogens (tertiary/aromatic N) is 1. The molecule has 1 aliphatic rings. The zero-order valence-corrected chi connectivity index (χ0v) is 13.6. The van der Waals surface area contributed by atoms with Crippen molar-refractivity contribution in [2.45, 2.75) is 65.7 Å². The van der Waals surface area contributed by atoms with Gasteiger partial charge in [0.15, 0.2) is 0 Å². The van der Waals surface area contributed by atoms with Crippen LogP contribution in [0.2, 0.25) is 0 Å². The Kier molecular flexibility index (Phi) is 7.70. The highest BCUT2D eigenvalue weighted by molar-refractivity contribution is 7.80. The summed E-state index contributed by atoms with van der Waals surface area (Å²) in [6, 6.07) is 0. The molecule has 1 rings (SSSR count). The third kappa shape index (κ3) is 4.77. The van der Waals surface area contributed by atoms with Gasteiger partial charge >= 0.3 is 0 Å². The van der Waals surface area contributed by atoms with Crippen LogP contribution in [0.3, 0.4) is 0 Å². The van der Waals surface area contributed by atoms with E-state index in [1.54, 1.807) is 0 Å². The molecule has 0 aliphatic carbocycles. The highest BCUT2D eigenvalue weighted by Gasteiger charge is 2.31. The van der Waals surface area contributed by atoms with Gasteiger partial charge in [0, 0.05) is 13.1 Å². The number of thiol groups is 1. The molecule has 0 aromatic heterocycles. The average Bonchev–Trinajstić information content (AvgIpc) is 2.39. The van der Waals surface area contributed by atoms with Crippen molar-refractivity contribution < 1.29 is 0 Å². The van der Waals surface area contributed by atoms with Gasteiger partial charge in [-0.15, -0.1) is 0 Å². The topological polar surface area (TPSA) is 3.24 Å². The van der Waals surface area contributed by atoms with Gasteiger partial charge in [-0.2, -0.15) is 12.6 Å². The molecule has 1 fully saturated rings. The van der Waals surface area contributed by atoms with E-state index in [1.165, 1.54) is 64.6 Å². The normalized spacial score (nSPS) is 22.3. The van der Waals surface area contributed by atoms with Crippen molar-refractivity contribution in [3.63, 3.8) is 0 Å².